The van der Waals surface area contributed by atoms with Crippen LogP contribution in [0.25, 0.3) is 11.1 Å². The molecule has 40 heavy (non-hydrogen) atoms. The fraction of sp³-hybridized carbons (Fsp3) is 0.194. The number of amides is 2. The summed E-state index contributed by atoms with van der Waals surface area (Å²) in [5.74, 6) is -0.245. The lowest BCUT2D eigenvalue weighted by atomic mass is 9.95. The first-order valence-corrected chi connectivity index (χ1v) is 12.7. The summed E-state index contributed by atoms with van der Waals surface area (Å²) in [6.07, 6.45) is -4.26. The molecule has 1 aromatic heterocycles. The van der Waals surface area contributed by atoms with Crippen LogP contribution in [-0.4, -0.2) is 23.5 Å². The lowest BCUT2D eigenvalue weighted by molar-refractivity contribution is -0.139. The molecule has 2 amide bonds. The molecular formula is C31H28F3N3O3. The maximum Gasteiger partial charge on any atom is 0.416 e. The van der Waals surface area contributed by atoms with Crippen LogP contribution in [0.5, 0.6) is 0 Å². The number of pyridine rings is 1. The predicted molar refractivity (Wildman–Crippen MR) is 145 cm³/mol. The minimum atomic E-state index is -4.57. The standard InChI is InChI=1S/C31H28F3N3O3/c1-21(24-12-6-7-16-28(24)31(32,33)34)40-30(39)37-20-22-10-2-3-13-25(22)26-14-4-5-15-27(26)29(38)36-19-17-23-11-8-9-18-35-23/h2-16,18,21H,17,19-20H2,1H3,(H,36,38)(H,37,39). The number of alkyl carbamates (subject to hydrolysis) is 1. The highest BCUT2D eigenvalue weighted by molar-refractivity contribution is 6.01. The highest BCUT2D eigenvalue weighted by Gasteiger charge is 2.35. The summed E-state index contributed by atoms with van der Waals surface area (Å²) in [7, 11) is 0. The number of hydrogen-bond acceptors (Lipinski definition) is 4. The molecule has 2 N–H and O–H groups in total. The number of ether oxygens (including phenoxy) is 1. The van der Waals surface area contributed by atoms with Crippen molar-refractivity contribution < 1.29 is 27.5 Å². The molecular weight excluding hydrogens is 519 g/mol. The topological polar surface area (TPSA) is 80.3 Å². The van der Waals surface area contributed by atoms with Gasteiger partial charge in [-0.05, 0) is 47.9 Å². The third-order valence-corrected chi connectivity index (χ3v) is 6.28. The normalized spacial score (nSPS) is 11.9. The monoisotopic (exact) mass is 547 g/mol. The zero-order chi connectivity index (χ0) is 28.5. The second-order valence-corrected chi connectivity index (χ2v) is 9.02. The third kappa shape index (κ3) is 7.25. The number of nitrogens with zero attached hydrogens (tertiary/aromatic N) is 1. The minimum Gasteiger partial charge on any atom is -0.442 e. The van der Waals surface area contributed by atoms with E-state index in [0.29, 0.717) is 29.7 Å². The zero-order valence-electron chi connectivity index (χ0n) is 21.7. The van der Waals surface area contributed by atoms with Gasteiger partial charge in [-0.15, -0.1) is 0 Å². The Labute approximate surface area is 230 Å². The van der Waals surface area contributed by atoms with Crippen molar-refractivity contribution in [1.82, 2.24) is 15.6 Å². The van der Waals surface area contributed by atoms with Gasteiger partial charge in [-0.1, -0.05) is 66.7 Å². The van der Waals surface area contributed by atoms with E-state index in [1.807, 2.05) is 42.5 Å². The molecule has 0 saturated carbocycles. The summed E-state index contributed by atoms with van der Waals surface area (Å²) in [5.41, 5.74) is 2.47. The molecule has 0 saturated heterocycles. The molecule has 3 aromatic carbocycles. The molecule has 9 heteroatoms. The maximum absolute atomic E-state index is 13.4. The molecule has 0 aliphatic carbocycles. The number of halogens is 3. The summed E-state index contributed by atoms with van der Waals surface area (Å²) < 4.78 is 45.4. The van der Waals surface area contributed by atoms with Gasteiger partial charge in [0.2, 0.25) is 0 Å². The van der Waals surface area contributed by atoms with E-state index >= 15 is 0 Å². The van der Waals surface area contributed by atoms with Crippen molar-refractivity contribution >= 4 is 12.0 Å². The van der Waals surface area contributed by atoms with Gasteiger partial charge in [0.05, 0.1) is 5.56 Å². The minimum absolute atomic E-state index is 0.0400. The van der Waals surface area contributed by atoms with Gasteiger partial charge < -0.3 is 15.4 Å². The third-order valence-electron chi connectivity index (χ3n) is 6.28. The van der Waals surface area contributed by atoms with Gasteiger partial charge in [0.25, 0.3) is 5.91 Å². The van der Waals surface area contributed by atoms with E-state index in [0.717, 1.165) is 17.3 Å². The number of benzene rings is 3. The van der Waals surface area contributed by atoms with Crippen LogP contribution in [0.1, 0.15) is 45.8 Å². The molecule has 6 nitrogen and oxygen atoms in total. The van der Waals surface area contributed by atoms with E-state index < -0.39 is 23.9 Å². The summed E-state index contributed by atoms with van der Waals surface area (Å²) in [6.45, 7) is 1.84. The van der Waals surface area contributed by atoms with Crippen LogP contribution in [0.15, 0.2) is 97.2 Å². The largest absolute Gasteiger partial charge is 0.442 e. The molecule has 0 bridgehead atoms. The van der Waals surface area contributed by atoms with Crippen LogP contribution in [0.2, 0.25) is 0 Å². The second-order valence-electron chi connectivity index (χ2n) is 9.02. The Bertz CT molecular complexity index is 1460. The van der Waals surface area contributed by atoms with E-state index in [9.17, 15) is 22.8 Å². The Morgan fingerprint density at radius 2 is 1.52 bits per heavy atom. The lowest BCUT2D eigenvalue weighted by Gasteiger charge is -2.19. The van der Waals surface area contributed by atoms with Gasteiger partial charge in [0, 0.05) is 42.5 Å². The SMILES string of the molecule is CC(OC(=O)NCc1ccccc1-c1ccccc1C(=O)NCCc1ccccn1)c1ccccc1C(F)(F)F. The summed E-state index contributed by atoms with van der Waals surface area (Å²) in [4.78, 5) is 29.9. The predicted octanol–water partition coefficient (Wildman–Crippen LogP) is 6.73. The Hall–Kier alpha value is -4.66. The van der Waals surface area contributed by atoms with E-state index in [4.69, 9.17) is 4.74 Å². The van der Waals surface area contributed by atoms with Gasteiger partial charge >= 0.3 is 12.3 Å². The van der Waals surface area contributed by atoms with Crippen molar-refractivity contribution in [3.8, 4) is 11.1 Å². The van der Waals surface area contributed by atoms with Crippen molar-refractivity contribution in [3.63, 3.8) is 0 Å². The second kappa shape index (κ2) is 12.9. The van der Waals surface area contributed by atoms with Crippen molar-refractivity contribution in [2.24, 2.45) is 0 Å². The number of aromatic nitrogens is 1. The summed E-state index contributed by atoms with van der Waals surface area (Å²) in [5, 5.41) is 5.55. The van der Waals surface area contributed by atoms with Crippen LogP contribution in [0.4, 0.5) is 18.0 Å². The van der Waals surface area contributed by atoms with E-state index in [-0.39, 0.29) is 18.0 Å². The first-order chi connectivity index (χ1) is 19.2. The molecule has 0 radical (unpaired) electrons. The van der Waals surface area contributed by atoms with Crippen molar-refractivity contribution in [2.45, 2.75) is 32.2 Å². The molecule has 1 heterocycles. The average molecular weight is 548 g/mol. The number of carbonyl (C=O) groups is 2. The molecule has 1 atom stereocenters. The van der Waals surface area contributed by atoms with Gasteiger partial charge in [0.1, 0.15) is 6.10 Å². The van der Waals surface area contributed by atoms with Crippen LogP contribution in [0, 0.1) is 0 Å². The van der Waals surface area contributed by atoms with E-state index in [1.54, 1.807) is 30.5 Å². The van der Waals surface area contributed by atoms with Gasteiger partial charge in [-0.2, -0.15) is 13.2 Å². The number of nitrogens with one attached hydrogen (secondary N) is 2. The highest BCUT2D eigenvalue weighted by Crippen LogP contribution is 2.35. The van der Waals surface area contributed by atoms with Crippen LogP contribution < -0.4 is 10.6 Å². The van der Waals surface area contributed by atoms with Crippen LogP contribution >= 0.6 is 0 Å². The molecule has 4 rings (SSSR count). The molecule has 0 fully saturated rings. The maximum atomic E-state index is 13.4. The summed E-state index contributed by atoms with van der Waals surface area (Å²) >= 11 is 0. The smallest absolute Gasteiger partial charge is 0.416 e. The Balaban J connectivity index is 1.43. The Morgan fingerprint density at radius 3 is 2.27 bits per heavy atom. The van der Waals surface area contributed by atoms with E-state index in [2.05, 4.69) is 15.6 Å². The number of carbonyl (C=O) groups excluding carboxylic acids is 2. The first-order valence-electron chi connectivity index (χ1n) is 12.7. The molecule has 4 aromatic rings. The number of alkyl halides is 3. The highest BCUT2D eigenvalue weighted by atomic mass is 19.4. The Morgan fingerprint density at radius 1 is 0.850 bits per heavy atom. The first kappa shape index (κ1) is 28.4. The number of hydrogen-bond donors (Lipinski definition) is 2. The van der Waals surface area contributed by atoms with Crippen molar-refractivity contribution in [3.05, 3.63) is 125 Å². The molecule has 1 unspecified atom stereocenters. The molecule has 206 valence electrons. The summed E-state index contributed by atoms with van der Waals surface area (Å²) in [6, 6.07) is 25.0. The van der Waals surface area contributed by atoms with Gasteiger partial charge in [-0.25, -0.2) is 4.79 Å². The van der Waals surface area contributed by atoms with E-state index in [1.165, 1.54) is 25.1 Å². The Kier molecular flexibility index (Phi) is 9.16. The van der Waals surface area contributed by atoms with Crippen LogP contribution in [0.3, 0.4) is 0 Å². The molecule has 0 spiro atoms. The lowest BCUT2D eigenvalue weighted by Crippen LogP contribution is -2.27. The van der Waals surface area contributed by atoms with Crippen molar-refractivity contribution in [2.75, 3.05) is 6.54 Å². The average Bonchev–Trinajstić information content (AvgIpc) is 2.96. The zero-order valence-corrected chi connectivity index (χ0v) is 21.7. The van der Waals surface area contributed by atoms with Crippen molar-refractivity contribution in [1.29, 1.82) is 0 Å². The molecule has 0 aliphatic rings. The fourth-order valence-electron chi connectivity index (χ4n) is 4.34. The molecule has 0 aliphatic heterocycles. The quantitative estimate of drug-likeness (QED) is 0.244. The van der Waals surface area contributed by atoms with Gasteiger partial charge in [0.15, 0.2) is 0 Å². The van der Waals surface area contributed by atoms with Crippen LogP contribution in [-0.2, 0) is 23.9 Å². The fourth-order valence-corrected chi connectivity index (χ4v) is 4.34. The number of rotatable bonds is 9. The van der Waals surface area contributed by atoms with Gasteiger partial charge in [-0.3, -0.25) is 9.78 Å².